The number of hydrogen-bond acceptors (Lipinski definition) is 3. The minimum Gasteiger partial charge on any atom is -0.396 e. The maximum Gasteiger partial charge on any atom is 0.0994 e. The van der Waals surface area contributed by atoms with E-state index in [-0.39, 0.29) is 6.61 Å². The van der Waals surface area contributed by atoms with Crippen LogP contribution in [0.3, 0.4) is 0 Å². The zero-order valence-electron chi connectivity index (χ0n) is 12.2. The lowest BCUT2D eigenvalue weighted by atomic mass is 9.93. The Hall–Kier alpha value is -1.65. The molecule has 0 bridgehead atoms. The first-order valence-electron chi connectivity index (χ1n) is 7.09. The van der Waals surface area contributed by atoms with Crippen molar-refractivity contribution in [1.82, 2.24) is 9.55 Å². The molecule has 1 aromatic carbocycles. The van der Waals surface area contributed by atoms with Gasteiger partial charge in [-0.1, -0.05) is 26.0 Å². The molecule has 3 N–H and O–H groups in total. The highest BCUT2D eigenvalue weighted by atomic mass is 16.2. The largest absolute Gasteiger partial charge is 0.396 e. The summed E-state index contributed by atoms with van der Waals surface area (Å²) >= 11 is 0. The molecule has 108 valence electrons. The number of hydrogen-bond donors (Lipinski definition) is 2. The molecule has 4 heteroatoms. The molecular formula is C16H23N3O. The fourth-order valence-electron chi connectivity index (χ4n) is 2.48. The van der Waals surface area contributed by atoms with Gasteiger partial charge in [0, 0.05) is 36.6 Å². The fourth-order valence-corrected chi connectivity index (χ4v) is 2.48. The minimum atomic E-state index is 0.179. The van der Waals surface area contributed by atoms with Crippen molar-refractivity contribution in [2.75, 3.05) is 13.2 Å². The van der Waals surface area contributed by atoms with Crippen molar-refractivity contribution in [2.45, 2.75) is 26.2 Å². The SMILES string of the molecule is CC(C)C(CN)c1cncn1-c1ccc(CCO)cc1. The first-order valence-corrected chi connectivity index (χ1v) is 7.09. The Labute approximate surface area is 120 Å². The lowest BCUT2D eigenvalue weighted by Gasteiger charge is -2.20. The van der Waals surface area contributed by atoms with E-state index in [1.54, 1.807) is 0 Å². The highest BCUT2D eigenvalue weighted by Gasteiger charge is 2.18. The third kappa shape index (κ3) is 3.08. The van der Waals surface area contributed by atoms with Crippen LogP contribution < -0.4 is 5.73 Å². The van der Waals surface area contributed by atoms with Crippen molar-refractivity contribution in [3.8, 4) is 5.69 Å². The first-order chi connectivity index (χ1) is 9.67. The number of aliphatic hydroxyl groups is 1. The van der Waals surface area contributed by atoms with Gasteiger partial charge < -0.3 is 15.4 Å². The molecule has 4 nitrogen and oxygen atoms in total. The van der Waals surface area contributed by atoms with Crippen LogP contribution in [0.5, 0.6) is 0 Å². The van der Waals surface area contributed by atoms with Gasteiger partial charge in [-0.25, -0.2) is 4.98 Å². The van der Waals surface area contributed by atoms with Gasteiger partial charge in [0.25, 0.3) is 0 Å². The van der Waals surface area contributed by atoms with Crippen LogP contribution in [0.15, 0.2) is 36.8 Å². The monoisotopic (exact) mass is 273 g/mol. The van der Waals surface area contributed by atoms with E-state index in [0.29, 0.717) is 24.8 Å². The highest BCUT2D eigenvalue weighted by Crippen LogP contribution is 2.25. The van der Waals surface area contributed by atoms with Gasteiger partial charge in [0.1, 0.15) is 0 Å². The highest BCUT2D eigenvalue weighted by molar-refractivity contribution is 5.37. The van der Waals surface area contributed by atoms with E-state index in [2.05, 4.69) is 35.5 Å². The second-order valence-electron chi connectivity index (χ2n) is 5.41. The van der Waals surface area contributed by atoms with Gasteiger partial charge in [0.05, 0.1) is 6.33 Å². The molecule has 0 amide bonds. The third-order valence-electron chi connectivity index (χ3n) is 3.72. The van der Waals surface area contributed by atoms with Crippen molar-refractivity contribution in [2.24, 2.45) is 11.7 Å². The minimum absolute atomic E-state index is 0.179. The van der Waals surface area contributed by atoms with Crippen LogP contribution in [0.25, 0.3) is 5.69 Å². The van der Waals surface area contributed by atoms with Gasteiger partial charge in [0.2, 0.25) is 0 Å². The number of imidazole rings is 1. The Morgan fingerprint density at radius 2 is 1.95 bits per heavy atom. The smallest absolute Gasteiger partial charge is 0.0994 e. The van der Waals surface area contributed by atoms with E-state index in [0.717, 1.165) is 16.9 Å². The molecule has 0 saturated heterocycles. The number of rotatable bonds is 6. The molecule has 0 saturated carbocycles. The van der Waals surface area contributed by atoms with E-state index in [1.165, 1.54) is 0 Å². The first kappa shape index (κ1) is 14.8. The molecule has 0 fully saturated rings. The molecule has 0 aliphatic heterocycles. The summed E-state index contributed by atoms with van der Waals surface area (Å²) in [5.41, 5.74) is 9.28. The van der Waals surface area contributed by atoms with Crippen LogP contribution in [0.2, 0.25) is 0 Å². The van der Waals surface area contributed by atoms with Crippen LogP contribution in [0.1, 0.15) is 31.0 Å². The molecule has 1 atom stereocenters. The molecule has 0 aliphatic carbocycles. The summed E-state index contributed by atoms with van der Waals surface area (Å²) < 4.78 is 2.10. The van der Waals surface area contributed by atoms with Gasteiger partial charge >= 0.3 is 0 Å². The number of aliphatic hydroxyl groups excluding tert-OH is 1. The summed E-state index contributed by atoms with van der Waals surface area (Å²) in [5.74, 6) is 0.777. The Morgan fingerprint density at radius 3 is 2.50 bits per heavy atom. The lowest BCUT2D eigenvalue weighted by molar-refractivity contribution is 0.299. The zero-order chi connectivity index (χ0) is 14.5. The number of benzene rings is 1. The maximum atomic E-state index is 8.95. The summed E-state index contributed by atoms with van der Waals surface area (Å²) in [7, 11) is 0. The van der Waals surface area contributed by atoms with Crippen molar-refractivity contribution >= 4 is 0 Å². The summed E-state index contributed by atoms with van der Waals surface area (Å²) in [6.07, 6.45) is 4.43. The van der Waals surface area contributed by atoms with Crippen LogP contribution in [-0.2, 0) is 6.42 Å². The Bertz CT molecular complexity index is 531. The van der Waals surface area contributed by atoms with Crippen molar-refractivity contribution in [3.63, 3.8) is 0 Å². The second-order valence-corrected chi connectivity index (χ2v) is 5.41. The lowest BCUT2D eigenvalue weighted by Crippen LogP contribution is -2.20. The van der Waals surface area contributed by atoms with Crippen LogP contribution in [0.4, 0.5) is 0 Å². The van der Waals surface area contributed by atoms with E-state index in [1.807, 2.05) is 24.7 Å². The Kier molecular flexibility index (Phi) is 4.93. The van der Waals surface area contributed by atoms with Gasteiger partial charge in [-0.2, -0.15) is 0 Å². The maximum absolute atomic E-state index is 8.95. The predicted molar refractivity (Wildman–Crippen MR) is 81.0 cm³/mol. The van der Waals surface area contributed by atoms with E-state index < -0.39 is 0 Å². The molecule has 2 aromatic rings. The van der Waals surface area contributed by atoms with Crippen LogP contribution in [-0.4, -0.2) is 27.8 Å². The topological polar surface area (TPSA) is 64.1 Å². The number of nitrogens with two attached hydrogens (primary N) is 1. The quantitative estimate of drug-likeness (QED) is 0.847. The summed E-state index contributed by atoms with van der Waals surface area (Å²) in [6, 6.07) is 8.21. The van der Waals surface area contributed by atoms with E-state index in [9.17, 15) is 0 Å². The van der Waals surface area contributed by atoms with E-state index in [4.69, 9.17) is 10.8 Å². The van der Waals surface area contributed by atoms with Crippen molar-refractivity contribution < 1.29 is 5.11 Å². The molecule has 0 radical (unpaired) electrons. The summed E-state index contributed by atoms with van der Waals surface area (Å²) in [4.78, 5) is 4.28. The van der Waals surface area contributed by atoms with Crippen molar-refractivity contribution in [3.05, 3.63) is 48.0 Å². The normalized spacial score (nSPS) is 12.8. The van der Waals surface area contributed by atoms with Gasteiger partial charge in [0.15, 0.2) is 0 Å². The molecule has 1 aromatic heterocycles. The predicted octanol–water partition coefficient (Wildman–Crippen LogP) is 2.11. The molecule has 0 spiro atoms. The summed E-state index contributed by atoms with van der Waals surface area (Å²) in [5, 5.41) is 8.95. The average Bonchev–Trinajstić information content (AvgIpc) is 2.89. The average molecular weight is 273 g/mol. The van der Waals surface area contributed by atoms with Gasteiger partial charge in [-0.15, -0.1) is 0 Å². The molecule has 20 heavy (non-hydrogen) atoms. The summed E-state index contributed by atoms with van der Waals surface area (Å²) in [6.45, 7) is 5.16. The second kappa shape index (κ2) is 6.68. The molecule has 0 aliphatic rings. The van der Waals surface area contributed by atoms with Crippen molar-refractivity contribution in [1.29, 1.82) is 0 Å². The standard InChI is InChI=1S/C16H23N3O/c1-12(2)15(9-17)16-10-18-11-19(16)14-5-3-13(4-6-14)7-8-20/h3-6,10-12,15,20H,7-9,17H2,1-2H3. The molecule has 1 unspecified atom stereocenters. The van der Waals surface area contributed by atoms with Crippen LogP contribution in [0, 0.1) is 5.92 Å². The zero-order valence-corrected chi connectivity index (χ0v) is 12.2. The molecular weight excluding hydrogens is 250 g/mol. The fraction of sp³-hybridized carbons (Fsp3) is 0.438. The van der Waals surface area contributed by atoms with Crippen LogP contribution >= 0.6 is 0 Å². The number of nitrogens with zero attached hydrogens (tertiary/aromatic N) is 2. The number of aromatic nitrogens is 2. The molecule has 1 heterocycles. The molecule has 2 rings (SSSR count). The third-order valence-corrected chi connectivity index (χ3v) is 3.72. The Morgan fingerprint density at radius 1 is 1.25 bits per heavy atom. The van der Waals surface area contributed by atoms with Gasteiger partial charge in [-0.05, 0) is 30.0 Å². The Balaban J connectivity index is 2.31. The van der Waals surface area contributed by atoms with Gasteiger partial charge in [-0.3, -0.25) is 0 Å². The van der Waals surface area contributed by atoms with E-state index >= 15 is 0 Å².